The van der Waals surface area contributed by atoms with E-state index in [9.17, 15) is 9.59 Å². The fourth-order valence-electron chi connectivity index (χ4n) is 3.33. The Morgan fingerprint density at radius 3 is 2.75 bits per heavy atom. The number of hydrogen-bond donors (Lipinski definition) is 0. The summed E-state index contributed by atoms with van der Waals surface area (Å²) in [5.74, 6) is 1.21. The van der Waals surface area contributed by atoms with Crippen LogP contribution in [-0.2, 0) is 13.6 Å². The summed E-state index contributed by atoms with van der Waals surface area (Å²) in [5, 5.41) is 4.55. The molecule has 4 rings (SSSR count). The number of hydrogen-bond acceptors (Lipinski definition) is 5. The summed E-state index contributed by atoms with van der Waals surface area (Å²) < 4.78 is 3.04. The second-order valence-electron chi connectivity index (χ2n) is 6.74. The summed E-state index contributed by atoms with van der Waals surface area (Å²) >= 11 is 0. The van der Waals surface area contributed by atoms with E-state index in [2.05, 4.69) is 15.0 Å². The first-order valence-electron chi connectivity index (χ1n) is 8.49. The molecular weight excluding hydrogens is 306 g/mol. The highest BCUT2D eigenvalue weighted by Gasteiger charge is 2.29. The third-order valence-corrected chi connectivity index (χ3v) is 4.90. The topological polar surface area (TPSA) is 73.0 Å². The molecule has 7 nitrogen and oxygen atoms in total. The van der Waals surface area contributed by atoms with Gasteiger partial charge in [-0.25, -0.2) is 9.67 Å². The summed E-state index contributed by atoms with van der Waals surface area (Å²) in [7, 11) is 1.69. The Labute approximate surface area is 139 Å². The van der Waals surface area contributed by atoms with Gasteiger partial charge in [0.1, 0.15) is 5.82 Å². The predicted molar refractivity (Wildman–Crippen MR) is 90.3 cm³/mol. The molecule has 0 aromatic carbocycles. The fraction of sp³-hybridized carbons (Fsp3) is 0.529. The Morgan fingerprint density at radius 2 is 2.00 bits per heavy atom. The van der Waals surface area contributed by atoms with Gasteiger partial charge < -0.3 is 9.47 Å². The van der Waals surface area contributed by atoms with Crippen molar-refractivity contribution in [3.63, 3.8) is 0 Å². The lowest BCUT2D eigenvalue weighted by atomic mass is 10.2. The molecule has 2 aromatic heterocycles. The maximum atomic E-state index is 12.2. The lowest BCUT2D eigenvalue weighted by Crippen LogP contribution is -2.38. The van der Waals surface area contributed by atoms with Crippen LogP contribution in [0.1, 0.15) is 37.3 Å². The van der Waals surface area contributed by atoms with Gasteiger partial charge in [-0.05, 0) is 31.7 Å². The summed E-state index contributed by atoms with van der Waals surface area (Å²) in [6.45, 7) is 1.39. The second-order valence-corrected chi connectivity index (χ2v) is 6.74. The first-order chi connectivity index (χ1) is 11.6. The van der Waals surface area contributed by atoms with E-state index in [0.29, 0.717) is 18.3 Å². The zero-order valence-corrected chi connectivity index (χ0v) is 13.8. The molecule has 3 heterocycles. The highest BCUT2D eigenvalue weighted by atomic mass is 16.1. The first kappa shape index (κ1) is 15.1. The van der Waals surface area contributed by atoms with Crippen LogP contribution in [0.2, 0.25) is 0 Å². The maximum Gasteiger partial charge on any atom is 0.266 e. The van der Waals surface area contributed by atoms with E-state index in [1.165, 1.54) is 4.57 Å². The van der Waals surface area contributed by atoms with Crippen molar-refractivity contribution in [3.05, 3.63) is 50.9 Å². The normalized spacial score (nSPS) is 20.5. The minimum atomic E-state index is -0.0725. The van der Waals surface area contributed by atoms with E-state index in [0.717, 1.165) is 37.9 Å². The largest absolute Gasteiger partial charge is 0.352 e. The van der Waals surface area contributed by atoms with Gasteiger partial charge in [0.25, 0.3) is 11.1 Å². The minimum absolute atomic E-state index is 0.0665. The molecule has 0 radical (unpaired) electrons. The highest BCUT2D eigenvalue weighted by Crippen LogP contribution is 2.38. The van der Waals surface area contributed by atoms with Crippen molar-refractivity contribution in [3.8, 4) is 0 Å². The summed E-state index contributed by atoms with van der Waals surface area (Å²) in [6, 6.07) is 5.18. The van der Waals surface area contributed by atoms with Crippen molar-refractivity contribution >= 4 is 5.82 Å². The van der Waals surface area contributed by atoms with E-state index in [4.69, 9.17) is 0 Å². The molecular formula is C17H21N5O2. The molecule has 0 amide bonds. The van der Waals surface area contributed by atoms with E-state index in [1.54, 1.807) is 30.2 Å². The van der Waals surface area contributed by atoms with E-state index in [-0.39, 0.29) is 17.2 Å². The molecule has 1 saturated heterocycles. The Kier molecular flexibility index (Phi) is 3.70. The van der Waals surface area contributed by atoms with Gasteiger partial charge in [-0.1, -0.05) is 0 Å². The summed E-state index contributed by atoms with van der Waals surface area (Å²) in [6.07, 6.45) is 5.87. The van der Waals surface area contributed by atoms with Crippen LogP contribution in [-0.4, -0.2) is 31.9 Å². The van der Waals surface area contributed by atoms with Crippen LogP contribution in [0.25, 0.3) is 0 Å². The second kappa shape index (κ2) is 5.89. The minimum Gasteiger partial charge on any atom is -0.352 e. The fourth-order valence-corrected chi connectivity index (χ4v) is 3.33. The van der Waals surface area contributed by atoms with Crippen LogP contribution in [0.5, 0.6) is 0 Å². The Morgan fingerprint density at radius 1 is 1.17 bits per heavy atom. The van der Waals surface area contributed by atoms with Crippen LogP contribution >= 0.6 is 0 Å². The van der Waals surface area contributed by atoms with Crippen LogP contribution in [0.4, 0.5) is 5.82 Å². The maximum absolute atomic E-state index is 12.2. The molecule has 1 unspecified atom stereocenters. The summed E-state index contributed by atoms with van der Waals surface area (Å²) in [4.78, 5) is 30.5. The van der Waals surface area contributed by atoms with Crippen molar-refractivity contribution in [1.29, 1.82) is 0 Å². The monoisotopic (exact) mass is 327 g/mol. The summed E-state index contributed by atoms with van der Waals surface area (Å²) in [5.41, 5.74) is 0.880. The van der Waals surface area contributed by atoms with Crippen LogP contribution < -0.4 is 16.0 Å². The number of aromatic nitrogens is 4. The lowest BCUT2D eigenvalue weighted by Gasteiger charge is -2.25. The molecule has 126 valence electrons. The zero-order chi connectivity index (χ0) is 16.7. The molecule has 2 fully saturated rings. The van der Waals surface area contributed by atoms with Gasteiger partial charge in [-0.15, -0.1) is 0 Å². The Hall–Kier alpha value is -2.44. The molecule has 1 aliphatic carbocycles. The molecule has 1 saturated carbocycles. The highest BCUT2D eigenvalue weighted by molar-refractivity contribution is 5.39. The van der Waals surface area contributed by atoms with Gasteiger partial charge in [-0.3, -0.25) is 9.59 Å². The average molecular weight is 327 g/mol. The Bertz CT molecular complexity index is 868. The third-order valence-electron chi connectivity index (χ3n) is 4.90. The van der Waals surface area contributed by atoms with Crippen LogP contribution in [0, 0.1) is 0 Å². The zero-order valence-electron chi connectivity index (χ0n) is 13.8. The van der Waals surface area contributed by atoms with Crippen molar-refractivity contribution in [2.45, 2.75) is 44.2 Å². The molecule has 0 bridgehead atoms. The van der Waals surface area contributed by atoms with Gasteiger partial charge in [0.2, 0.25) is 0 Å². The lowest BCUT2D eigenvalue weighted by molar-refractivity contribution is 0.480. The predicted octanol–water partition coefficient (Wildman–Crippen LogP) is 0.883. The van der Waals surface area contributed by atoms with Gasteiger partial charge in [0.05, 0.1) is 24.6 Å². The standard InChI is InChI=1S/C17H21N5O2/c1-20-11-18-15(9-17(20)24)21-8-2-3-13(21)10-22-16(23)7-6-14(19-22)12-4-5-12/h6-7,9,11-13H,2-5,8,10H2,1H3. The van der Waals surface area contributed by atoms with Gasteiger partial charge in [-0.2, -0.15) is 5.10 Å². The molecule has 7 heteroatoms. The van der Waals surface area contributed by atoms with Gasteiger partial charge >= 0.3 is 0 Å². The number of aryl methyl sites for hydroxylation is 1. The van der Waals surface area contributed by atoms with Crippen LogP contribution in [0.15, 0.2) is 34.1 Å². The number of nitrogens with zero attached hydrogens (tertiary/aromatic N) is 5. The van der Waals surface area contributed by atoms with Gasteiger partial charge in [0.15, 0.2) is 0 Å². The molecule has 1 atom stereocenters. The van der Waals surface area contributed by atoms with E-state index >= 15 is 0 Å². The smallest absolute Gasteiger partial charge is 0.266 e. The van der Waals surface area contributed by atoms with E-state index in [1.807, 2.05) is 6.07 Å². The average Bonchev–Trinajstić information content (AvgIpc) is 3.32. The van der Waals surface area contributed by atoms with Crippen molar-refractivity contribution in [1.82, 2.24) is 19.3 Å². The van der Waals surface area contributed by atoms with Gasteiger partial charge in [0, 0.05) is 31.6 Å². The molecule has 0 N–H and O–H groups in total. The molecule has 2 aliphatic rings. The van der Waals surface area contributed by atoms with Crippen LogP contribution in [0.3, 0.4) is 0 Å². The number of rotatable bonds is 4. The molecule has 0 spiro atoms. The third kappa shape index (κ3) is 2.86. The van der Waals surface area contributed by atoms with Crippen molar-refractivity contribution < 1.29 is 0 Å². The molecule has 1 aliphatic heterocycles. The number of anilines is 1. The SMILES string of the molecule is Cn1cnc(N2CCCC2Cn2nc(C3CC3)ccc2=O)cc1=O. The Balaban J connectivity index is 1.59. The molecule has 2 aromatic rings. The quantitative estimate of drug-likeness (QED) is 0.834. The first-order valence-corrected chi connectivity index (χ1v) is 8.49. The van der Waals surface area contributed by atoms with Crippen molar-refractivity contribution in [2.24, 2.45) is 7.05 Å². The molecule has 24 heavy (non-hydrogen) atoms. The van der Waals surface area contributed by atoms with E-state index < -0.39 is 0 Å². The van der Waals surface area contributed by atoms with Crippen molar-refractivity contribution in [2.75, 3.05) is 11.4 Å².